The molecule has 0 bridgehead atoms. The lowest BCUT2D eigenvalue weighted by atomic mass is 9.68. The Morgan fingerprint density at radius 2 is 1.69 bits per heavy atom. The average molecular weight is 552 g/mol. The molecule has 2 heterocycles. The number of amides is 2. The summed E-state index contributed by atoms with van der Waals surface area (Å²) in [5, 5.41) is 2.51. The Morgan fingerprint density at radius 1 is 1.05 bits per heavy atom. The molecule has 2 atom stereocenters. The number of likely N-dealkylation sites (tertiary alicyclic amines) is 2. The minimum Gasteiger partial charge on any atom is -0.341 e. The zero-order chi connectivity index (χ0) is 28.5. The summed E-state index contributed by atoms with van der Waals surface area (Å²) < 4.78 is 67.3. The molecule has 39 heavy (non-hydrogen) atoms. The Balaban J connectivity index is 1.48. The molecule has 4 rings (SSSR count). The number of benzene rings is 2. The zero-order valence-electron chi connectivity index (χ0n) is 22.3. The second-order valence-corrected chi connectivity index (χ2v) is 11.3. The maximum Gasteiger partial charge on any atom is 0.416 e. The first-order valence-electron chi connectivity index (χ1n) is 13.2. The molecule has 0 saturated carbocycles. The van der Waals surface area contributed by atoms with Gasteiger partial charge in [-0.25, -0.2) is 8.78 Å². The van der Waals surface area contributed by atoms with Crippen molar-refractivity contribution in [3.63, 3.8) is 0 Å². The average Bonchev–Trinajstić information content (AvgIpc) is 3.18. The summed E-state index contributed by atoms with van der Waals surface area (Å²) in [5.74, 6) is -2.58. The molecule has 0 aliphatic carbocycles. The maximum absolute atomic E-state index is 14.3. The number of hydrogen-bond acceptors (Lipinski definition) is 3. The van der Waals surface area contributed by atoms with Crippen LogP contribution in [-0.4, -0.2) is 60.9 Å². The molecule has 0 aromatic heterocycles. The van der Waals surface area contributed by atoms with Gasteiger partial charge in [-0.1, -0.05) is 26.0 Å². The van der Waals surface area contributed by atoms with Gasteiger partial charge >= 0.3 is 6.18 Å². The molecule has 2 aliphatic rings. The number of nitrogens with zero attached hydrogens (tertiary/aromatic N) is 2. The van der Waals surface area contributed by atoms with E-state index < -0.39 is 35.1 Å². The van der Waals surface area contributed by atoms with Crippen LogP contribution in [0.15, 0.2) is 42.5 Å². The largest absolute Gasteiger partial charge is 0.416 e. The van der Waals surface area contributed by atoms with Gasteiger partial charge in [0.1, 0.15) is 17.7 Å². The number of nitrogens with one attached hydrogen (secondary N) is 1. The lowest BCUT2D eigenvalue weighted by Crippen LogP contribution is -2.53. The lowest BCUT2D eigenvalue weighted by Gasteiger charge is -2.43. The summed E-state index contributed by atoms with van der Waals surface area (Å²) in [5.41, 5.74) is -0.908. The predicted molar refractivity (Wildman–Crippen MR) is 137 cm³/mol. The van der Waals surface area contributed by atoms with Gasteiger partial charge in [0.2, 0.25) is 5.91 Å². The van der Waals surface area contributed by atoms with E-state index in [0.29, 0.717) is 31.3 Å². The normalized spacial score (nSPS) is 20.4. The van der Waals surface area contributed by atoms with Crippen molar-refractivity contribution in [2.75, 3.05) is 33.2 Å². The second kappa shape index (κ2) is 11.2. The minimum atomic E-state index is -4.74. The van der Waals surface area contributed by atoms with Crippen LogP contribution in [-0.2, 0) is 11.0 Å². The summed E-state index contributed by atoms with van der Waals surface area (Å²) in [7, 11) is 2.05. The number of piperidine rings is 1. The van der Waals surface area contributed by atoms with Crippen LogP contribution in [0.3, 0.4) is 0 Å². The summed E-state index contributed by atoms with van der Waals surface area (Å²) in [6.07, 6.45) is -3.04. The number of likely N-dealkylation sites (N-methyl/N-ethyl adjacent to an activating group) is 1. The number of halogens is 5. The molecule has 2 aromatic rings. The highest BCUT2D eigenvalue weighted by atomic mass is 19.4. The quantitative estimate of drug-likeness (QED) is 0.485. The molecule has 2 aliphatic heterocycles. The Kier molecular flexibility index (Phi) is 8.35. The summed E-state index contributed by atoms with van der Waals surface area (Å²) in [4.78, 5) is 30.3. The van der Waals surface area contributed by atoms with Crippen molar-refractivity contribution in [1.82, 2.24) is 15.1 Å². The molecule has 1 unspecified atom stereocenters. The van der Waals surface area contributed by atoms with Crippen molar-refractivity contribution >= 4 is 11.8 Å². The van der Waals surface area contributed by atoms with Gasteiger partial charge < -0.3 is 15.1 Å². The summed E-state index contributed by atoms with van der Waals surface area (Å²) in [6.45, 7) is 6.31. The van der Waals surface area contributed by atoms with E-state index in [4.69, 9.17) is 0 Å². The molecule has 2 fully saturated rings. The van der Waals surface area contributed by atoms with Gasteiger partial charge in [0.05, 0.1) is 11.1 Å². The molecular formula is C29H34F5N3O2. The van der Waals surface area contributed by atoms with E-state index in [-0.39, 0.29) is 35.4 Å². The van der Waals surface area contributed by atoms with Crippen LogP contribution >= 0.6 is 0 Å². The number of carbonyl (C=O) groups is 2. The summed E-state index contributed by atoms with van der Waals surface area (Å²) >= 11 is 0. The molecule has 10 heteroatoms. The summed E-state index contributed by atoms with van der Waals surface area (Å²) in [6, 6.07) is 7.22. The highest BCUT2D eigenvalue weighted by molar-refractivity contribution is 5.98. The van der Waals surface area contributed by atoms with Crippen molar-refractivity contribution < 1.29 is 31.5 Å². The Bertz CT molecular complexity index is 1190. The highest BCUT2D eigenvalue weighted by Gasteiger charge is 2.48. The van der Waals surface area contributed by atoms with E-state index in [1.54, 1.807) is 4.90 Å². The Labute approximate surface area is 225 Å². The number of rotatable bonds is 6. The van der Waals surface area contributed by atoms with E-state index in [0.717, 1.165) is 31.5 Å². The van der Waals surface area contributed by atoms with Crippen LogP contribution in [0.25, 0.3) is 0 Å². The molecule has 2 amide bonds. The van der Waals surface area contributed by atoms with Crippen LogP contribution in [0, 0.1) is 23.0 Å². The standard InChI is InChI=1S/C29H34F5N3O2/c1-18(2)14-25(35-26(38)22-15-20(29(32,33)34)6-9-24(22)31)27(39)37-12-10-28(11-13-37)17-36(3)16-23(28)19-4-7-21(30)8-5-19/h4-9,15,18,23,25H,10-14,16-17H2,1-3H3,(H,35,38)/t23?,25-/m1/s1. The third-order valence-electron chi connectivity index (χ3n) is 8.01. The Morgan fingerprint density at radius 3 is 2.28 bits per heavy atom. The monoisotopic (exact) mass is 551 g/mol. The SMILES string of the molecule is CC(C)C[C@@H](NC(=O)c1cc(C(F)(F)F)ccc1F)C(=O)N1CCC2(CC1)CN(C)CC2c1ccc(F)cc1. The highest BCUT2D eigenvalue weighted by Crippen LogP contribution is 2.49. The number of alkyl halides is 3. The number of hydrogen-bond donors (Lipinski definition) is 1. The fraction of sp³-hybridized carbons (Fsp3) is 0.517. The van der Waals surface area contributed by atoms with E-state index in [1.165, 1.54) is 12.1 Å². The molecule has 5 nitrogen and oxygen atoms in total. The van der Waals surface area contributed by atoms with E-state index in [2.05, 4.69) is 10.2 Å². The third kappa shape index (κ3) is 6.42. The van der Waals surface area contributed by atoms with E-state index in [9.17, 15) is 31.5 Å². The zero-order valence-corrected chi connectivity index (χ0v) is 22.3. The van der Waals surface area contributed by atoms with Gasteiger partial charge in [-0.3, -0.25) is 9.59 Å². The first-order valence-corrected chi connectivity index (χ1v) is 13.2. The van der Waals surface area contributed by atoms with Crippen LogP contribution < -0.4 is 5.32 Å². The molecule has 1 N–H and O–H groups in total. The first kappa shape index (κ1) is 29.0. The van der Waals surface area contributed by atoms with Crippen molar-refractivity contribution in [2.24, 2.45) is 11.3 Å². The molecule has 2 aromatic carbocycles. The van der Waals surface area contributed by atoms with Gasteiger partial charge in [0.25, 0.3) is 5.91 Å². The second-order valence-electron chi connectivity index (χ2n) is 11.3. The van der Waals surface area contributed by atoms with Crippen molar-refractivity contribution in [3.05, 3.63) is 70.8 Å². The van der Waals surface area contributed by atoms with Crippen LogP contribution in [0.5, 0.6) is 0 Å². The minimum absolute atomic E-state index is 0.00641. The van der Waals surface area contributed by atoms with Gasteiger partial charge in [-0.15, -0.1) is 0 Å². The van der Waals surface area contributed by atoms with Gasteiger partial charge in [-0.05, 0) is 73.5 Å². The first-order chi connectivity index (χ1) is 18.3. The van der Waals surface area contributed by atoms with Gasteiger partial charge in [0.15, 0.2) is 0 Å². The molecule has 1 spiro atoms. The van der Waals surface area contributed by atoms with Gasteiger partial charge in [0, 0.05) is 32.1 Å². The topological polar surface area (TPSA) is 52.7 Å². The molecular weight excluding hydrogens is 517 g/mol. The smallest absolute Gasteiger partial charge is 0.341 e. The van der Waals surface area contributed by atoms with Crippen LogP contribution in [0.4, 0.5) is 22.0 Å². The molecule has 0 radical (unpaired) electrons. The van der Waals surface area contributed by atoms with Crippen LogP contribution in [0.1, 0.15) is 60.5 Å². The predicted octanol–water partition coefficient (Wildman–Crippen LogP) is 5.47. The van der Waals surface area contributed by atoms with Crippen molar-refractivity contribution in [1.29, 1.82) is 0 Å². The lowest BCUT2D eigenvalue weighted by molar-refractivity contribution is -0.138. The Hall–Kier alpha value is -3.01. The van der Waals surface area contributed by atoms with E-state index in [1.807, 2.05) is 33.0 Å². The maximum atomic E-state index is 14.3. The number of carbonyl (C=O) groups excluding carboxylic acids is 2. The van der Waals surface area contributed by atoms with Crippen molar-refractivity contribution in [2.45, 2.75) is 51.2 Å². The van der Waals surface area contributed by atoms with Gasteiger partial charge in [-0.2, -0.15) is 13.2 Å². The third-order valence-corrected chi connectivity index (χ3v) is 8.01. The molecule has 212 valence electrons. The molecule has 2 saturated heterocycles. The van der Waals surface area contributed by atoms with E-state index >= 15 is 0 Å². The fourth-order valence-corrected chi connectivity index (χ4v) is 6.08. The van der Waals surface area contributed by atoms with Crippen molar-refractivity contribution in [3.8, 4) is 0 Å². The van der Waals surface area contributed by atoms with Crippen LogP contribution in [0.2, 0.25) is 0 Å². The fourth-order valence-electron chi connectivity index (χ4n) is 6.08.